The van der Waals surface area contributed by atoms with Gasteiger partial charge in [0.2, 0.25) is 0 Å². The van der Waals surface area contributed by atoms with E-state index in [4.69, 9.17) is 4.74 Å². The average Bonchev–Trinajstić information content (AvgIpc) is 2.63. The summed E-state index contributed by atoms with van der Waals surface area (Å²) < 4.78 is 5.07. The lowest BCUT2D eigenvalue weighted by atomic mass is 10.2. The molecule has 6 heteroatoms. The Labute approximate surface area is 138 Å². The Morgan fingerprint density at radius 1 is 1.04 bits per heavy atom. The van der Waals surface area contributed by atoms with E-state index >= 15 is 0 Å². The highest BCUT2D eigenvalue weighted by atomic mass is 16.5. The minimum Gasteiger partial charge on any atom is -0.444 e. The van der Waals surface area contributed by atoms with Crippen LogP contribution in [-0.2, 0) is 11.3 Å². The van der Waals surface area contributed by atoms with E-state index in [1.54, 1.807) is 0 Å². The number of hydrogen-bond acceptors (Lipinski definition) is 4. The number of anilines is 1. The van der Waals surface area contributed by atoms with Crippen molar-refractivity contribution in [3.63, 3.8) is 0 Å². The Morgan fingerprint density at radius 3 is 2.38 bits per heavy atom. The molecule has 0 aliphatic rings. The smallest absolute Gasteiger partial charge is 0.412 e. The van der Waals surface area contributed by atoms with Gasteiger partial charge in [0.05, 0.1) is 6.20 Å². The molecule has 0 saturated heterocycles. The van der Waals surface area contributed by atoms with Crippen LogP contribution in [0.4, 0.5) is 10.5 Å². The van der Waals surface area contributed by atoms with Crippen molar-refractivity contribution in [3.05, 3.63) is 82.8 Å². The first-order chi connectivity index (χ1) is 11.7. The summed E-state index contributed by atoms with van der Waals surface area (Å²) in [4.78, 5) is 30.6. The van der Waals surface area contributed by atoms with Crippen LogP contribution in [0.1, 0.15) is 5.56 Å². The Morgan fingerprint density at radius 2 is 1.71 bits per heavy atom. The van der Waals surface area contributed by atoms with Crippen LogP contribution in [0.2, 0.25) is 0 Å². The zero-order valence-corrected chi connectivity index (χ0v) is 12.7. The van der Waals surface area contributed by atoms with Crippen molar-refractivity contribution in [2.24, 2.45) is 0 Å². The van der Waals surface area contributed by atoms with Crippen molar-refractivity contribution in [1.82, 2.24) is 9.97 Å². The molecule has 1 amide bonds. The molecular formula is C18H15N3O3. The SMILES string of the molecule is O=C(Nc1cnc(-c2ccccc2)[nH]c1=O)OCc1ccccc1. The van der Waals surface area contributed by atoms with E-state index in [0.29, 0.717) is 5.82 Å². The maximum absolute atomic E-state index is 12.1. The Hall–Kier alpha value is -3.41. The molecule has 24 heavy (non-hydrogen) atoms. The van der Waals surface area contributed by atoms with Crippen LogP contribution in [-0.4, -0.2) is 16.1 Å². The zero-order valence-electron chi connectivity index (χ0n) is 12.7. The lowest BCUT2D eigenvalue weighted by molar-refractivity contribution is 0.155. The van der Waals surface area contributed by atoms with Gasteiger partial charge in [0.1, 0.15) is 18.1 Å². The van der Waals surface area contributed by atoms with Crippen LogP contribution in [0.3, 0.4) is 0 Å². The maximum atomic E-state index is 12.1. The van der Waals surface area contributed by atoms with Crippen molar-refractivity contribution in [2.75, 3.05) is 5.32 Å². The molecule has 3 aromatic rings. The van der Waals surface area contributed by atoms with Crippen LogP contribution in [0, 0.1) is 0 Å². The third-order valence-corrected chi connectivity index (χ3v) is 3.30. The quantitative estimate of drug-likeness (QED) is 0.773. The average molecular weight is 321 g/mol. The van der Waals surface area contributed by atoms with Gasteiger partial charge in [-0.05, 0) is 5.56 Å². The second-order valence-corrected chi connectivity index (χ2v) is 5.03. The number of carbonyl (C=O) groups excluding carboxylic acids is 1. The molecule has 2 aromatic carbocycles. The fourth-order valence-corrected chi connectivity index (χ4v) is 2.10. The van der Waals surface area contributed by atoms with Gasteiger partial charge in [0, 0.05) is 5.56 Å². The van der Waals surface area contributed by atoms with Crippen LogP contribution < -0.4 is 10.9 Å². The van der Waals surface area contributed by atoms with Crippen LogP contribution in [0.5, 0.6) is 0 Å². The van der Waals surface area contributed by atoms with Gasteiger partial charge >= 0.3 is 6.09 Å². The summed E-state index contributed by atoms with van der Waals surface area (Å²) in [5, 5.41) is 2.39. The molecule has 0 aliphatic heterocycles. The highest BCUT2D eigenvalue weighted by Crippen LogP contribution is 2.12. The highest BCUT2D eigenvalue weighted by molar-refractivity contribution is 5.84. The predicted molar refractivity (Wildman–Crippen MR) is 90.5 cm³/mol. The number of aromatic amines is 1. The molecule has 2 N–H and O–H groups in total. The lowest BCUT2D eigenvalue weighted by Gasteiger charge is -2.07. The molecule has 0 saturated carbocycles. The number of aromatic nitrogens is 2. The minimum absolute atomic E-state index is 0.0349. The molecular weight excluding hydrogens is 306 g/mol. The summed E-state index contributed by atoms with van der Waals surface area (Å²) in [6.07, 6.45) is 0.601. The predicted octanol–water partition coefficient (Wildman–Crippen LogP) is 3.19. The van der Waals surface area contributed by atoms with Gasteiger partial charge in [-0.25, -0.2) is 9.78 Å². The number of H-pyrrole nitrogens is 1. The first kappa shape index (κ1) is 15.5. The van der Waals surface area contributed by atoms with E-state index in [2.05, 4.69) is 15.3 Å². The van der Waals surface area contributed by atoms with Crippen LogP contribution in [0.15, 0.2) is 71.7 Å². The van der Waals surface area contributed by atoms with Crippen molar-refractivity contribution >= 4 is 11.8 Å². The maximum Gasteiger partial charge on any atom is 0.412 e. The van der Waals surface area contributed by atoms with E-state index in [-0.39, 0.29) is 12.3 Å². The van der Waals surface area contributed by atoms with Gasteiger partial charge in [-0.3, -0.25) is 10.1 Å². The topological polar surface area (TPSA) is 84.1 Å². The second-order valence-electron chi connectivity index (χ2n) is 5.03. The van der Waals surface area contributed by atoms with E-state index in [1.807, 2.05) is 60.7 Å². The molecule has 0 fully saturated rings. The molecule has 0 aliphatic carbocycles. The number of nitrogens with zero attached hydrogens (tertiary/aromatic N) is 1. The van der Waals surface area contributed by atoms with Gasteiger partial charge < -0.3 is 9.72 Å². The number of benzene rings is 2. The number of ether oxygens (including phenoxy) is 1. The minimum atomic E-state index is -0.710. The number of rotatable bonds is 4. The van der Waals surface area contributed by atoms with Gasteiger partial charge in [-0.1, -0.05) is 60.7 Å². The third-order valence-electron chi connectivity index (χ3n) is 3.30. The summed E-state index contributed by atoms with van der Waals surface area (Å²) >= 11 is 0. The van der Waals surface area contributed by atoms with Gasteiger partial charge in [-0.2, -0.15) is 0 Å². The van der Waals surface area contributed by atoms with E-state index in [9.17, 15) is 9.59 Å². The number of carbonyl (C=O) groups is 1. The molecule has 1 aromatic heterocycles. The monoisotopic (exact) mass is 321 g/mol. The van der Waals surface area contributed by atoms with Gasteiger partial charge in [0.25, 0.3) is 5.56 Å². The van der Waals surface area contributed by atoms with Crippen LogP contribution >= 0.6 is 0 Å². The fourth-order valence-electron chi connectivity index (χ4n) is 2.10. The van der Waals surface area contributed by atoms with Crippen molar-refractivity contribution < 1.29 is 9.53 Å². The number of nitrogens with one attached hydrogen (secondary N) is 2. The molecule has 0 atom stereocenters. The summed E-state index contributed by atoms with van der Waals surface area (Å²) in [6, 6.07) is 18.5. The molecule has 0 unspecified atom stereocenters. The lowest BCUT2D eigenvalue weighted by Crippen LogP contribution is -2.21. The molecule has 0 spiro atoms. The molecule has 6 nitrogen and oxygen atoms in total. The van der Waals surface area contributed by atoms with Gasteiger partial charge in [0.15, 0.2) is 0 Å². The molecule has 120 valence electrons. The molecule has 0 bridgehead atoms. The molecule has 3 rings (SSSR count). The summed E-state index contributed by atoms with van der Waals surface area (Å²) in [6.45, 7) is 0.125. The van der Waals surface area contributed by atoms with Crippen molar-refractivity contribution in [2.45, 2.75) is 6.61 Å². The van der Waals surface area contributed by atoms with E-state index in [0.717, 1.165) is 11.1 Å². The largest absolute Gasteiger partial charge is 0.444 e. The van der Waals surface area contributed by atoms with Crippen molar-refractivity contribution in [3.8, 4) is 11.4 Å². The Bertz CT molecular complexity index is 877. The van der Waals surface area contributed by atoms with Gasteiger partial charge in [-0.15, -0.1) is 0 Å². The third kappa shape index (κ3) is 3.86. The summed E-state index contributed by atoms with van der Waals surface area (Å²) in [7, 11) is 0. The van der Waals surface area contributed by atoms with E-state index < -0.39 is 11.7 Å². The van der Waals surface area contributed by atoms with Crippen LogP contribution in [0.25, 0.3) is 11.4 Å². The number of hydrogen-bond donors (Lipinski definition) is 2. The first-order valence-electron chi connectivity index (χ1n) is 7.35. The summed E-state index contributed by atoms with van der Waals surface area (Å²) in [5.41, 5.74) is 1.24. The highest BCUT2D eigenvalue weighted by Gasteiger charge is 2.09. The Kier molecular flexibility index (Phi) is 4.67. The Balaban J connectivity index is 1.65. The first-order valence-corrected chi connectivity index (χ1v) is 7.35. The van der Waals surface area contributed by atoms with E-state index in [1.165, 1.54) is 6.20 Å². The molecule has 1 heterocycles. The number of amides is 1. The standard InChI is InChI=1S/C18H15N3O3/c22-17-15(11-19-16(21-17)14-9-5-2-6-10-14)20-18(23)24-12-13-7-3-1-4-8-13/h1-11H,12H2,(H,20,23)(H,19,21,22). The molecule has 0 radical (unpaired) electrons. The second kappa shape index (κ2) is 7.23. The summed E-state index contributed by atoms with van der Waals surface area (Å²) in [5.74, 6) is 0.434. The fraction of sp³-hybridized carbons (Fsp3) is 0.0556. The van der Waals surface area contributed by atoms with Crippen molar-refractivity contribution in [1.29, 1.82) is 0 Å². The zero-order chi connectivity index (χ0) is 16.8. The normalized spacial score (nSPS) is 10.2.